The molecule has 2 aromatic heterocycles. The summed E-state index contributed by atoms with van der Waals surface area (Å²) in [5, 5.41) is 3.34. The summed E-state index contributed by atoms with van der Waals surface area (Å²) in [5.41, 5.74) is 7.07. The minimum atomic E-state index is -0.252. The number of hydrogen-bond donors (Lipinski definition) is 1. The zero-order valence-corrected chi connectivity index (χ0v) is 23.6. The number of carbonyl (C=O) groups excluding carboxylic acids is 1. The van der Waals surface area contributed by atoms with E-state index in [1.165, 1.54) is 0 Å². The van der Waals surface area contributed by atoms with Crippen LogP contribution in [0.25, 0.3) is 5.65 Å². The molecule has 6 rings (SSSR count). The van der Waals surface area contributed by atoms with Crippen LogP contribution in [0.2, 0.25) is 0 Å². The van der Waals surface area contributed by atoms with Crippen LogP contribution in [0.5, 0.6) is 5.75 Å². The van der Waals surface area contributed by atoms with Gasteiger partial charge in [-0.05, 0) is 46.9 Å². The van der Waals surface area contributed by atoms with Crippen LogP contribution in [-0.2, 0) is 11.4 Å². The van der Waals surface area contributed by atoms with E-state index >= 15 is 0 Å². The number of hydrogen-bond acceptors (Lipinski definition) is 3. The number of aryl methyl sites for hydroxylation is 1. The molecular weight excluding hydrogens is 518 g/mol. The van der Waals surface area contributed by atoms with Crippen molar-refractivity contribution in [1.82, 2.24) is 14.7 Å². The Balaban J connectivity index is 1.32. The van der Waals surface area contributed by atoms with Gasteiger partial charge in [-0.3, -0.25) is 4.79 Å². The van der Waals surface area contributed by atoms with E-state index in [1.54, 1.807) is 0 Å². The molecule has 1 unspecified atom stereocenters. The molecule has 0 bridgehead atoms. The molecule has 2 heterocycles. The summed E-state index contributed by atoms with van der Waals surface area (Å²) in [6, 6.07) is 42.2. The maximum absolute atomic E-state index is 13.9. The number of ether oxygens (including phenoxy) is 1. The summed E-state index contributed by atoms with van der Waals surface area (Å²) in [6.45, 7) is 2.54. The first kappa shape index (κ1) is 27.0. The number of carbonyl (C=O) groups is 1. The Morgan fingerprint density at radius 2 is 1.40 bits per heavy atom. The number of rotatable bonds is 10. The second-order valence-corrected chi connectivity index (χ2v) is 10.5. The molecule has 0 aliphatic heterocycles. The van der Waals surface area contributed by atoms with Crippen molar-refractivity contribution in [2.45, 2.75) is 31.9 Å². The van der Waals surface area contributed by atoms with Gasteiger partial charge in [0, 0.05) is 24.7 Å². The van der Waals surface area contributed by atoms with Crippen LogP contribution in [0.4, 0.5) is 0 Å². The van der Waals surface area contributed by atoms with Crippen LogP contribution in [0, 0.1) is 6.92 Å². The van der Waals surface area contributed by atoms with Crippen LogP contribution >= 0.6 is 0 Å². The van der Waals surface area contributed by atoms with Gasteiger partial charge in [0.15, 0.2) is 11.4 Å². The third-order valence-electron chi connectivity index (χ3n) is 7.65. The summed E-state index contributed by atoms with van der Waals surface area (Å²) in [6.07, 6.45) is 4.14. The van der Waals surface area contributed by atoms with Gasteiger partial charge < -0.3 is 14.5 Å². The summed E-state index contributed by atoms with van der Waals surface area (Å²) in [4.78, 5) is 18.7. The summed E-state index contributed by atoms with van der Waals surface area (Å²) in [5.74, 6) is 0.457. The molecule has 1 atom stereocenters. The molecular formula is C37H33N3O2. The van der Waals surface area contributed by atoms with Crippen molar-refractivity contribution >= 4 is 11.6 Å². The van der Waals surface area contributed by atoms with Gasteiger partial charge >= 0.3 is 0 Å². The van der Waals surface area contributed by atoms with E-state index in [-0.39, 0.29) is 24.3 Å². The fraction of sp³-hybridized carbons (Fsp3) is 0.135. The van der Waals surface area contributed by atoms with Gasteiger partial charge in [0.2, 0.25) is 5.91 Å². The number of fused-ring (bicyclic) bond motifs is 1. The minimum Gasteiger partial charge on any atom is -0.485 e. The van der Waals surface area contributed by atoms with Crippen molar-refractivity contribution < 1.29 is 9.53 Å². The quantitative estimate of drug-likeness (QED) is 0.190. The van der Waals surface area contributed by atoms with Gasteiger partial charge in [0.1, 0.15) is 6.61 Å². The largest absolute Gasteiger partial charge is 0.485 e. The standard InChI is InChI=1S/C37H33N3O2/c1-27-14-11-12-21-31(27)32(24-35(41)39-36(29-17-7-3-8-18-29)30-19-9-4-10-20-30)33-25-38-37-34(22-13-23-40(33)37)42-26-28-15-5-2-6-16-28/h2-23,25,32,36H,24,26H2,1H3,(H,39,41). The predicted molar refractivity (Wildman–Crippen MR) is 166 cm³/mol. The molecule has 1 N–H and O–H groups in total. The van der Waals surface area contributed by atoms with Crippen molar-refractivity contribution in [3.05, 3.63) is 173 Å². The second kappa shape index (κ2) is 12.6. The van der Waals surface area contributed by atoms with Crippen LogP contribution in [0.3, 0.4) is 0 Å². The molecule has 0 spiro atoms. The molecule has 4 aromatic carbocycles. The average Bonchev–Trinajstić information content (AvgIpc) is 3.48. The van der Waals surface area contributed by atoms with Gasteiger partial charge in [0.05, 0.1) is 11.7 Å². The number of nitrogens with one attached hydrogen (secondary N) is 1. The maximum Gasteiger partial charge on any atom is 0.221 e. The molecule has 0 fully saturated rings. The molecule has 0 saturated carbocycles. The molecule has 208 valence electrons. The number of nitrogens with zero attached hydrogens (tertiary/aromatic N) is 2. The molecule has 1 amide bonds. The van der Waals surface area contributed by atoms with Crippen molar-refractivity contribution in [2.75, 3.05) is 0 Å². The highest BCUT2D eigenvalue weighted by molar-refractivity contribution is 5.78. The van der Waals surface area contributed by atoms with E-state index in [0.29, 0.717) is 12.4 Å². The van der Waals surface area contributed by atoms with Gasteiger partial charge in [-0.15, -0.1) is 0 Å². The molecule has 6 aromatic rings. The van der Waals surface area contributed by atoms with E-state index in [1.807, 2.05) is 103 Å². The van der Waals surface area contributed by atoms with E-state index in [2.05, 4.69) is 53.0 Å². The van der Waals surface area contributed by atoms with Crippen molar-refractivity contribution in [2.24, 2.45) is 0 Å². The van der Waals surface area contributed by atoms with E-state index in [0.717, 1.165) is 39.2 Å². The molecule has 5 heteroatoms. The molecule has 5 nitrogen and oxygen atoms in total. The average molecular weight is 552 g/mol. The number of amides is 1. The van der Waals surface area contributed by atoms with E-state index in [9.17, 15) is 4.79 Å². The lowest BCUT2D eigenvalue weighted by Crippen LogP contribution is -2.30. The highest BCUT2D eigenvalue weighted by atomic mass is 16.5. The predicted octanol–water partition coefficient (Wildman–Crippen LogP) is 7.65. The third kappa shape index (κ3) is 5.96. The first-order valence-corrected chi connectivity index (χ1v) is 14.2. The van der Waals surface area contributed by atoms with E-state index in [4.69, 9.17) is 9.72 Å². The van der Waals surface area contributed by atoms with Crippen LogP contribution in [0.15, 0.2) is 140 Å². The first-order valence-electron chi connectivity index (χ1n) is 14.2. The Labute approximate surface area is 246 Å². The van der Waals surface area contributed by atoms with Gasteiger partial charge in [-0.25, -0.2) is 4.98 Å². The molecule has 0 aliphatic carbocycles. The lowest BCUT2D eigenvalue weighted by atomic mass is 9.89. The fourth-order valence-corrected chi connectivity index (χ4v) is 5.52. The third-order valence-corrected chi connectivity index (χ3v) is 7.65. The number of aromatic nitrogens is 2. The zero-order chi connectivity index (χ0) is 28.7. The lowest BCUT2D eigenvalue weighted by Gasteiger charge is -2.23. The summed E-state index contributed by atoms with van der Waals surface area (Å²) >= 11 is 0. The molecule has 0 radical (unpaired) electrons. The maximum atomic E-state index is 13.9. The van der Waals surface area contributed by atoms with Crippen LogP contribution < -0.4 is 10.1 Å². The Bertz CT molecular complexity index is 1730. The topological polar surface area (TPSA) is 55.6 Å². The van der Waals surface area contributed by atoms with Gasteiger partial charge in [-0.1, -0.05) is 115 Å². The molecule has 0 aliphatic rings. The smallest absolute Gasteiger partial charge is 0.221 e. The van der Waals surface area contributed by atoms with Crippen molar-refractivity contribution in [1.29, 1.82) is 0 Å². The fourth-order valence-electron chi connectivity index (χ4n) is 5.52. The second-order valence-electron chi connectivity index (χ2n) is 10.5. The lowest BCUT2D eigenvalue weighted by molar-refractivity contribution is -0.121. The molecule has 0 saturated heterocycles. The Hall–Kier alpha value is -5.16. The zero-order valence-electron chi connectivity index (χ0n) is 23.6. The Morgan fingerprint density at radius 1 is 0.786 bits per heavy atom. The normalized spacial score (nSPS) is 11.9. The van der Waals surface area contributed by atoms with Gasteiger partial charge in [-0.2, -0.15) is 0 Å². The minimum absolute atomic E-state index is 0.0348. The van der Waals surface area contributed by atoms with Crippen LogP contribution in [0.1, 0.15) is 51.9 Å². The SMILES string of the molecule is Cc1ccccc1C(CC(=O)NC(c1ccccc1)c1ccccc1)c1cnc2c(OCc3ccccc3)cccn12. The summed E-state index contributed by atoms with van der Waals surface area (Å²) in [7, 11) is 0. The molecule has 42 heavy (non-hydrogen) atoms. The summed E-state index contributed by atoms with van der Waals surface area (Å²) < 4.78 is 8.25. The van der Waals surface area contributed by atoms with Crippen molar-refractivity contribution in [3.8, 4) is 5.75 Å². The number of imidazole rings is 1. The highest BCUT2D eigenvalue weighted by Crippen LogP contribution is 2.33. The Morgan fingerprint density at radius 3 is 2.07 bits per heavy atom. The number of benzene rings is 4. The first-order chi connectivity index (χ1) is 20.7. The van der Waals surface area contributed by atoms with Crippen LogP contribution in [-0.4, -0.2) is 15.3 Å². The highest BCUT2D eigenvalue weighted by Gasteiger charge is 2.26. The Kier molecular flexibility index (Phi) is 8.09. The monoisotopic (exact) mass is 551 g/mol. The van der Waals surface area contributed by atoms with Crippen molar-refractivity contribution in [3.63, 3.8) is 0 Å². The van der Waals surface area contributed by atoms with Gasteiger partial charge in [0.25, 0.3) is 0 Å². The number of pyridine rings is 1. The van der Waals surface area contributed by atoms with E-state index < -0.39 is 0 Å².